The molecule has 2 fully saturated rings. The zero-order valence-electron chi connectivity index (χ0n) is 27.5. The average Bonchev–Trinajstić information content (AvgIpc) is 3.73. The zero-order valence-corrected chi connectivity index (χ0v) is 29.0. The van der Waals surface area contributed by atoms with Crippen molar-refractivity contribution in [1.29, 1.82) is 5.26 Å². The number of halogens is 12. The topological polar surface area (TPSA) is 135 Å². The summed E-state index contributed by atoms with van der Waals surface area (Å²) in [4.78, 5) is 39.0. The number of rotatable bonds is 10. The number of aromatic nitrogens is 2. The molecule has 0 bridgehead atoms. The van der Waals surface area contributed by atoms with Crippen LogP contribution in [0.3, 0.4) is 0 Å². The molecule has 1 aromatic heterocycles. The van der Waals surface area contributed by atoms with Gasteiger partial charge in [-0.2, -0.15) is 36.7 Å². The molecule has 2 saturated carbocycles. The van der Waals surface area contributed by atoms with Crippen LogP contribution in [0.4, 0.5) is 43.9 Å². The maximum atomic E-state index is 14.8. The Kier molecular flexibility index (Phi) is 11.1. The minimum atomic E-state index is -6.69. The molecule has 5 rings (SSSR count). The summed E-state index contributed by atoms with van der Waals surface area (Å²) in [5, 5.41) is 21.5. The van der Waals surface area contributed by atoms with Crippen LogP contribution in [-0.4, -0.2) is 68.6 Å². The van der Waals surface area contributed by atoms with Gasteiger partial charge in [0.25, 0.3) is 5.91 Å². The molecule has 0 unspecified atom stereocenters. The third kappa shape index (κ3) is 8.27. The molecule has 0 spiro atoms. The van der Waals surface area contributed by atoms with E-state index >= 15 is 0 Å². The maximum Gasteiger partial charge on any atom is 0.573 e. The van der Waals surface area contributed by atoms with Gasteiger partial charge in [0, 0.05) is 17.3 Å². The van der Waals surface area contributed by atoms with E-state index in [4.69, 9.17) is 27.9 Å². The lowest BCUT2D eigenvalue weighted by Crippen LogP contribution is -2.50. The van der Waals surface area contributed by atoms with E-state index in [0.717, 1.165) is 17.3 Å². The van der Waals surface area contributed by atoms with Gasteiger partial charge in [0.2, 0.25) is 0 Å². The van der Waals surface area contributed by atoms with Gasteiger partial charge >= 0.3 is 36.3 Å². The van der Waals surface area contributed by atoms with E-state index in [2.05, 4.69) is 9.84 Å². The van der Waals surface area contributed by atoms with Gasteiger partial charge in [-0.25, -0.2) is 9.07 Å². The zero-order chi connectivity index (χ0) is 40.9. The van der Waals surface area contributed by atoms with Gasteiger partial charge in [-0.3, -0.25) is 19.3 Å². The van der Waals surface area contributed by atoms with Crippen LogP contribution in [-0.2, 0) is 20.0 Å². The maximum absolute atomic E-state index is 14.8. The number of carbonyl (C=O) groups is 3. The Balaban J connectivity index is 1.46. The number of carbonyl (C=O) groups excluding carboxylic acids is 2. The second kappa shape index (κ2) is 14.7. The number of amides is 1. The molecule has 10 nitrogen and oxygen atoms in total. The number of ether oxygens (including phenoxy) is 2. The van der Waals surface area contributed by atoms with Crippen molar-refractivity contribution in [1.82, 2.24) is 14.7 Å². The molecule has 296 valence electrons. The Morgan fingerprint density at radius 3 is 2.04 bits per heavy atom. The van der Waals surface area contributed by atoms with E-state index in [1.807, 2.05) is 6.07 Å². The van der Waals surface area contributed by atoms with Crippen LogP contribution in [0, 0.1) is 23.2 Å². The standard InChI is InChI=1S/C33H24Cl2F10N4O6/c34-22-6-5-18(9-21(22)26(50)48(29(14-46)7-8-29)15-54-28(53)17-3-1-16(2-4-17)27(51)52)19-12-47-49(13-19)25-23(35)10-20(11-24(25)55-33(43,44)45)30(36,31(37,38)39)32(40,41)42/h5-6,9-13,16-17H,1-4,7-8,15H2,(H,51,52). The lowest BCUT2D eigenvalue weighted by atomic mass is 9.82. The van der Waals surface area contributed by atoms with Crippen LogP contribution >= 0.6 is 23.2 Å². The number of aliphatic carboxylic acids is 1. The Hall–Kier alpha value is -4.77. The highest BCUT2D eigenvalue weighted by atomic mass is 35.5. The molecule has 55 heavy (non-hydrogen) atoms. The van der Waals surface area contributed by atoms with Crippen molar-refractivity contribution in [2.24, 2.45) is 11.8 Å². The SMILES string of the molecule is N#CC1(N(COC(=O)C2CCC(C(=O)O)CC2)C(=O)c2cc(-c3cnn(-c4c(Cl)cc(C(F)(C(F)(F)F)C(F)(F)F)cc4OC(F)(F)F)c3)ccc2Cl)CC1. The summed E-state index contributed by atoms with van der Waals surface area (Å²) in [5.74, 6) is -5.61. The highest BCUT2D eigenvalue weighted by molar-refractivity contribution is 6.34. The summed E-state index contributed by atoms with van der Waals surface area (Å²) in [6, 6.07) is 5.07. The second-order valence-corrected chi connectivity index (χ2v) is 13.5. The van der Waals surface area contributed by atoms with Crippen molar-refractivity contribution in [3.05, 3.63) is 63.9 Å². The molecule has 1 N–H and O–H groups in total. The monoisotopic (exact) mass is 832 g/mol. The fourth-order valence-electron chi connectivity index (χ4n) is 6.05. The van der Waals surface area contributed by atoms with Crippen molar-refractivity contribution in [2.75, 3.05) is 6.73 Å². The van der Waals surface area contributed by atoms with Crippen LogP contribution in [0.2, 0.25) is 10.0 Å². The van der Waals surface area contributed by atoms with Gasteiger partial charge in [-0.15, -0.1) is 13.2 Å². The molecular formula is C33H24Cl2F10N4O6. The summed E-state index contributed by atoms with van der Waals surface area (Å²) in [6.45, 7) is -0.679. The first-order valence-corrected chi connectivity index (χ1v) is 16.6. The van der Waals surface area contributed by atoms with Crippen LogP contribution in [0.5, 0.6) is 5.75 Å². The fourth-order valence-corrected chi connectivity index (χ4v) is 6.55. The van der Waals surface area contributed by atoms with Crippen LogP contribution in [0.1, 0.15) is 54.4 Å². The molecule has 1 heterocycles. The van der Waals surface area contributed by atoms with E-state index in [9.17, 15) is 68.7 Å². The number of nitriles is 1. The van der Waals surface area contributed by atoms with Gasteiger partial charge in [0.15, 0.2) is 12.5 Å². The summed E-state index contributed by atoms with van der Waals surface area (Å²) >= 11 is 12.2. The Bertz CT molecular complexity index is 2020. The van der Waals surface area contributed by atoms with Gasteiger partial charge in [-0.05, 0) is 68.4 Å². The number of nitrogens with zero attached hydrogens (tertiary/aromatic N) is 4. The van der Waals surface area contributed by atoms with Crippen molar-refractivity contribution >= 4 is 41.0 Å². The number of benzene rings is 2. The van der Waals surface area contributed by atoms with Crippen LogP contribution in [0.15, 0.2) is 42.7 Å². The quantitative estimate of drug-likeness (QED) is 0.122. The molecule has 0 saturated heterocycles. The molecule has 2 aromatic carbocycles. The lowest BCUT2D eigenvalue weighted by Gasteiger charge is -2.31. The number of carboxylic acids is 1. The molecule has 2 aliphatic rings. The van der Waals surface area contributed by atoms with Crippen LogP contribution in [0.25, 0.3) is 16.8 Å². The minimum Gasteiger partial charge on any atom is -0.481 e. The average molecular weight is 833 g/mol. The van der Waals surface area contributed by atoms with E-state index in [0.29, 0.717) is 4.68 Å². The highest BCUT2D eigenvalue weighted by Gasteiger charge is 2.73. The van der Waals surface area contributed by atoms with Gasteiger partial charge in [0.05, 0.1) is 39.7 Å². The van der Waals surface area contributed by atoms with E-state index in [1.165, 1.54) is 18.2 Å². The summed E-state index contributed by atoms with van der Waals surface area (Å²) in [6.07, 6.45) is -15.9. The number of carboxylic acid groups (broad SMARTS) is 1. The predicted octanol–water partition coefficient (Wildman–Crippen LogP) is 8.92. The van der Waals surface area contributed by atoms with Gasteiger partial charge in [-0.1, -0.05) is 29.3 Å². The molecule has 1 amide bonds. The molecule has 0 aliphatic heterocycles. The largest absolute Gasteiger partial charge is 0.573 e. The van der Waals surface area contributed by atoms with E-state index < -0.39 is 94.4 Å². The number of hydrogen-bond donors (Lipinski definition) is 1. The Labute approximate surface area is 313 Å². The third-order valence-corrected chi connectivity index (χ3v) is 9.83. The van der Waals surface area contributed by atoms with Crippen molar-refractivity contribution in [3.63, 3.8) is 0 Å². The van der Waals surface area contributed by atoms with Gasteiger partial charge < -0.3 is 14.6 Å². The minimum absolute atomic E-state index is 0.0365. The fraction of sp³-hybridized carbons (Fsp3) is 0.424. The number of alkyl halides is 10. The highest BCUT2D eigenvalue weighted by Crippen LogP contribution is 2.55. The molecular weight excluding hydrogens is 809 g/mol. The summed E-state index contributed by atoms with van der Waals surface area (Å²) in [5.41, 5.74) is -11.2. The van der Waals surface area contributed by atoms with Gasteiger partial charge in [0.1, 0.15) is 11.2 Å². The smallest absolute Gasteiger partial charge is 0.481 e. The molecule has 2 aliphatic carbocycles. The van der Waals surface area contributed by atoms with E-state index in [-0.39, 0.29) is 66.3 Å². The number of esters is 1. The molecule has 22 heteroatoms. The number of hydrogen-bond acceptors (Lipinski definition) is 7. The molecule has 0 atom stereocenters. The first kappa shape index (κ1) is 41.4. The molecule has 0 radical (unpaired) electrons. The summed E-state index contributed by atoms with van der Waals surface area (Å²) < 4.78 is 145. The Morgan fingerprint density at radius 2 is 1.51 bits per heavy atom. The predicted molar refractivity (Wildman–Crippen MR) is 168 cm³/mol. The van der Waals surface area contributed by atoms with Crippen LogP contribution < -0.4 is 4.74 Å². The normalized spacial score (nSPS) is 18.6. The van der Waals surface area contributed by atoms with Crippen molar-refractivity contribution < 1.29 is 72.9 Å². The third-order valence-electron chi connectivity index (χ3n) is 9.21. The van der Waals surface area contributed by atoms with E-state index in [1.54, 1.807) is 0 Å². The van der Waals surface area contributed by atoms with Crippen molar-refractivity contribution in [2.45, 2.75) is 68.4 Å². The van der Waals surface area contributed by atoms with Crippen molar-refractivity contribution in [3.8, 4) is 28.6 Å². The Morgan fingerprint density at radius 1 is 0.909 bits per heavy atom. The molecule has 3 aromatic rings. The lowest BCUT2D eigenvalue weighted by molar-refractivity contribution is -0.348. The summed E-state index contributed by atoms with van der Waals surface area (Å²) in [7, 11) is 0. The first-order valence-electron chi connectivity index (χ1n) is 15.8. The first-order chi connectivity index (χ1) is 25.4. The second-order valence-electron chi connectivity index (χ2n) is 12.7.